The van der Waals surface area contributed by atoms with Crippen LogP contribution in [-0.2, 0) is 4.74 Å². The lowest BCUT2D eigenvalue weighted by atomic mass is 9.93. The van der Waals surface area contributed by atoms with Gasteiger partial charge in [0.05, 0.1) is 25.3 Å². The largest absolute Gasteiger partial charge is 0.378 e. The van der Waals surface area contributed by atoms with Gasteiger partial charge in [0.25, 0.3) is 0 Å². The van der Waals surface area contributed by atoms with E-state index in [4.69, 9.17) is 9.84 Å². The highest BCUT2D eigenvalue weighted by Crippen LogP contribution is 2.59. The summed E-state index contributed by atoms with van der Waals surface area (Å²) in [5, 5.41) is 4.77. The summed E-state index contributed by atoms with van der Waals surface area (Å²) in [6.45, 7) is 4.50. The van der Waals surface area contributed by atoms with E-state index in [2.05, 4.69) is 38.2 Å². The van der Waals surface area contributed by atoms with Gasteiger partial charge in [-0.3, -0.25) is 9.58 Å². The van der Waals surface area contributed by atoms with Crippen LogP contribution in [0.4, 0.5) is 0 Å². The average Bonchev–Trinajstić information content (AvgIpc) is 2.66. The molecule has 0 spiro atoms. The summed E-state index contributed by atoms with van der Waals surface area (Å²) in [7, 11) is 0. The minimum Gasteiger partial charge on any atom is -0.378 e. The molecule has 2 aliphatic carbocycles. The SMILES string of the molecule is Ic1cc([C@H]2[C@@H]3CN(C4COC4)C[C@@H]32)n(C2CCC2)n1. The second-order valence-corrected chi connectivity index (χ2v) is 8.03. The van der Waals surface area contributed by atoms with Crippen LogP contribution in [0.2, 0.25) is 0 Å². The van der Waals surface area contributed by atoms with Crippen LogP contribution in [0.1, 0.15) is 36.9 Å². The molecule has 0 N–H and O–H groups in total. The van der Waals surface area contributed by atoms with Crippen LogP contribution >= 0.6 is 22.6 Å². The molecule has 2 saturated heterocycles. The predicted molar refractivity (Wildman–Crippen MR) is 83.7 cm³/mol. The Bertz CT molecular complexity index is 525. The molecule has 4 fully saturated rings. The molecular weight excluding hydrogens is 365 g/mol. The zero-order chi connectivity index (χ0) is 13.3. The number of piperidine rings is 1. The van der Waals surface area contributed by atoms with E-state index < -0.39 is 0 Å². The third kappa shape index (κ3) is 1.75. The maximum Gasteiger partial charge on any atom is 0.123 e. The molecule has 0 bridgehead atoms. The van der Waals surface area contributed by atoms with Gasteiger partial charge in [-0.25, -0.2) is 0 Å². The van der Waals surface area contributed by atoms with Crippen molar-refractivity contribution in [3.05, 3.63) is 15.5 Å². The van der Waals surface area contributed by atoms with E-state index in [1.807, 2.05) is 0 Å². The summed E-state index contributed by atoms with van der Waals surface area (Å²) < 4.78 is 8.89. The minimum absolute atomic E-state index is 0.700. The molecule has 1 aromatic rings. The Morgan fingerprint density at radius 3 is 2.45 bits per heavy atom. The molecule has 3 atom stereocenters. The van der Waals surface area contributed by atoms with Gasteiger partial charge in [-0.2, -0.15) is 5.10 Å². The quantitative estimate of drug-likeness (QED) is 0.748. The van der Waals surface area contributed by atoms with E-state index in [1.54, 1.807) is 5.69 Å². The lowest BCUT2D eigenvalue weighted by Gasteiger charge is -2.36. The fourth-order valence-electron chi connectivity index (χ4n) is 4.28. The van der Waals surface area contributed by atoms with E-state index in [-0.39, 0.29) is 0 Å². The summed E-state index contributed by atoms with van der Waals surface area (Å²) in [6, 6.07) is 3.77. The van der Waals surface area contributed by atoms with E-state index >= 15 is 0 Å². The van der Waals surface area contributed by atoms with E-state index in [1.165, 1.54) is 36.1 Å². The van der Waals surface area contributed by atoms with Gasteiger partial charge in [0.1, 0.15) is 3.70 Å². The Kier molecular flexibility index (Phi) is 2.75. The highest BCUT2D eigenvalue weighted by atomic mass is 127. The Labute approximate surface area is 133 Å². The zero-order valence-electron chi connectivity index (χ0n) is 11.5. The maximum absolute atomic E-state index is 5.33. The van der Waals surface area contributed by atoms with Crippen molar-refractivity contribution >= 4 is 22.6 Å². The third-order valence-electron chi connectivity index (χ3n) is 5.86. The van der Waals surface area contributed by atoms with Gasteiger partial charge < -0.3 is 4.74 Å². The minimum atomic E-state index is 0.700. The summed E-state index contributed by atoms with van der Waals surface area (Å²) in [4.78, 5) is 2.66. The van der Waals surface area contributed by atoms with E-state index in [0.29, 0.717) is 6.04 Å². The molecule has 3 heterocycles. The molecule has 4 aliphatic rings. The van der Waals surface area contributed by atoms with Crippen molar-refractivity contribution in [1.82, 2.24) is 14.7 Å². The average molecular weight is 385 g/mol. The number of nitrogens with zero attached hydrogens (tertiary/aromatic N) is 3. The highest BCUT2D eigenvalue weighted by molar-refractivity contribution is 14.1. The standard InChI is InChI=1S/C15H20IN3O/c16-14-4-13(19(17-14)9-2-1-3-9)15-11-5-18(6-12(11)15)10-7-20-8-10/h4,9-12,15H,1-3,5-8H2/t11-,12+,15+. The molecule has 108 valence electrons. The third-order valence-corrected chi connectivity index (χ3v) is 6.38. The normalized spacial score (nSPS) is 37.5. The number of ether oxygens (including phenoxy) is 1. The van der Waals surface area contributed by atoms with Crippen LogP contribution in [0, 0.1) is 15.5 Å². The van der Waals surface area contributed by atoms with Crippen LogP contribution in [0.25, 0.3) is 0 Å². The van der Waals surface area contributed by atoms with Crippen molar-refractivity contribution in [2.24, 2.45) is 11.8 Å². The number of likely N-dealkylation sites (tertiary alicyclic amines) is 1. The van der Waals surface area contributed by atoms with Crippen LogP contribution in [0.15, 0.2) is 6.07 Å². The number of halogens is 1. The van der Waals surface area contributed by atoms with Gasteiger partial charge in [-0.05, 0) is 59.8 Å². The second-order valence-electron chi connectivity index (χ2n) is 6.92. The molecule has 0 amide bonds. The van der Waals surface area contributed by atoms with Crippen molar-refractivity contribution in [2.45, 2.75) is 37.3 Å². The van der Waals surface area contributed by atoms with E-state index in [0.717, 1.165) is 37.0 Å². The lowest BCUT2D eigenvalue weighted by Crippen LogP contribution is -2.48. The van der Waals surface area contributed by atoms with E-state index in [9.17, 15) is 0 Å². The number of hydrogen-bond donors (Lipinski definition) is 0. The highest BCUT2D eigenvalue weighted by Gasteiger charge is 2.59. The van der Waals surface area contributed by atoms with Crippen molar-refractivity contribution in [2.75, 3.05) is 26.3 Å². The molecule has 0 radical (unpaired) electrons. The summed E-state index contributed by atoms with van der Waals surface area (Å²) in [5.74, 6) is 2.58. The van der Waals surface area contributed by atoms with Crippen molar-refractivity contribution < 1.29 is 4.74 Å². The van der Waals surface area contributed by atoms with Crippen LogP contribution in [0.5, 0.6) is 0 Å². The molecule has 1 aromatic heterocycles. The Morgan fingerprint density at radius 1 is 1.15 bits per heavy atom. The molecule has 4 nitrogen and oxygen atoms in total. The first-order chi connectivity index (χ1) is 9.81. The van der Waals surface area contributed by atoms with Gasteiger partial charge in [0.15, 0.2) is 0 Å². The molecule has 2 aliphatic heterocycles. The van der Waals surface area contributed by atoms with Gasteiger partial charge >= 0.3 is 0 Å². The molecule has 5 rings (SSSR count). The van der Waals surface area contributed by atoms with Crippen molar-refractivity contribution in [1.29, 1.82) is 0 Å². The first-order valence-electron chi connectivity index (χ1n) is 7.88. The Hall–Kier alpha value is -0.140. The summed E-state index contributed by atoms with van der Waals surface area (Å²) >= 11 is 2.38. The molecule has 5 heteroatoms. The maximum atomic E-state index is 5.33. The van der Waals surface area contributed by atoms with Crippen molar-refractivity contribution in [3.8, 4) is 0 Å². The van der Waals surface area contributed by atoms with Crippen LogP contribution in [-0.4, -0.2) is 47.0 Å². The molecule has 0 aromatic carbocycles. The number of rotatable bonds is 3. The molecule has 2 saturated carbocycles. The summed E-state index contributed by atoms with van der Waals surface area (Å²) in [6.07, 6.45) is 4.05. The number of hydrogen-bond acceptors (Lipinski definition) is 3. The monoisotopic (exact) mass is 385 g/mol. The fraction of sp³-hybridized carbons (Fsp3) is 0.800. The first kappa shape index (κ1) is 12.4. The number of aromatic nitrogens is 2. The first-order valence-corrected chi connectivity index (χ1v) is 8.96. The Balaban J connectivity index is 1.33. The topological polar surface area (TPSA) is 30.3 Å². The number of fused-ring (bicyclic) bond motifs is 1. The smallest absolute Gasteiger partial charge is 0.123 e. The van der Waals surface area contributed by atoms with Crippen LogP contribution < -0.4 is 0 Å². The van der Waals surface area contributed by atoms with Crippen molar-refractivity contribution in [3.63, 3.8) is 0 Å². The van der Waals surface area contributed by atoms with Gasteiger partial charge in [-0.1, -0.05) is 0 Å². The van der Waals surface area contributed by atoms with Gasteiger partial charge in [-0.15, -0.1) is 0 Å². The molecule has 20 heavy (non-hydrogen) atoms. The molecular formula is C15H20IN3O. The zero-order valence-corrected chi connectivity index (χ0v) is 13.7. The second kappa shape index (κ2) is 4.43. The van der Waals surface area contributed by atoms with Gasteiger partial charge in [0.2, 0.25) is 0 Å². The molecule has 0 unspecified atom stereocenters. The fourth-order valence-corrected chi connectivity index (χ4v) is 4.83. The summed E-state index contributed by atoms with van der Waals surface area (Å²) in [5.41, 5.74) is 1.54. The Morgan fingerprint density at radius 2 is 1.90 bits per heavy atom. The lowest BCUT2D eigenvalue weighted by molar-refractivity contribution is -0.0610. The van der Waals surface area contributed by atoms with Gasteiger partial charge in [0, 0.05) is 24.7 Å². The van der Waals surface area contributed by atoms with Crippen LogP contribution in [0.3, 0.4) is 0 Å². The predicted octanol–water partition coefficient (Wildman–Crippen LogP) is 2.26.